The zero-order chi connectivity index (χ0) is 20.5. The molecule has 0 amide bonds. The molecule has 1 heterocycles. The fourth-order valence-corrected chi connectivity index (χ4v) is 3.21. The Labute approximate surface area is 167 Å². The molecule has 1 aliphatic rings. The maximum Gasteiger partial charge on any atom is 0.343 e. The zero-order valence-electron chi connectivity index (χ0n) is 15.9. The second-order valence-electron chi connectivity index (χ2n) is 6.81. The predicted octanol–water partition coefficient (Wildman–Crippen LogP) is 5.28. The third kappa shape index (κ3) is 3.67. The lowest BCUT2D eigenvalue weighted by atomic mass is 10.0. The number of fused-ring (bicyclic) bond motifs is 1. The SMILES string of the molecule is Cc1ccccc1/C=C1\Oc2cc(OC(=O)c3cccc(F)c3)cc(C)c2C1=O. The number of ketones is 1. The number of carbonyl (C=O) groups excluding carboxylic acids is 2. The molecule has 4 rings (SSSR count). The van der Waals surface area contributed by atoms with E-state index >= 15 is 0 Å². The summed E-state index contributed by atoms with van der Waals surface area (Å²) in [6.45, 7) is 3.70. The topological polar surface area (TPSA) is 52.6 Å². The molecule has 0 aliphatic carbocycles. The summed E-state index contributed by atoms with van der Waals surface area (Å²) < 4.78 is 24.5. The molecule has 0 unspecified atom stereocenters. The van der Waals surface area contributed by atoms with Crippen molar-refractivity contribution in [1.82, 2.24) is 0 Å². The van der Waals surface area contributed by atoms with Crippen molar-refractivity contribution >= 4 is 17.8 Å². The summed E-state index contributed by atoms with van der Waals surface area (Å²) in [6, 6.07) is 16.0. The number of rotatable bonds is 3. The van der Waals surface area contributed by atoms with Gasteiger partial charge in [-0.2, -0.15) is 0 Å². The number of carbonyl (C=O) groups is 2. The maximum absolute atomic E-state index is 13.3. The van der Waals surface area contributed by atoms with E-state index in [0.29, 0.717) is 16.9 Å². The molecule has 4 nitrogen and oxygen atoms in total. The Morgan fingerprint density at radius 2 is 1.79 bits per heavy atom. The van der Waals surface area contributed by atoms with Crippen LogP contribution < -0.4 is 9.47 Å². The van der Waals surface area contributed by atoms with Crippen molar-refractivity contribution in [3.63, 3.8) is 0 Å². The smallest absolute Gasteiger partial charge is 0.343 e. The summed E-state index contributed by atoms with van der Waals surface area (Å²) in [6.07, 6.45) is 1.70. The number of Topliss-reactive ketones (excluding diaryl/α,β-unsaturated/α-hetero) is 1. The Hall–Kier alpha value is -3.73. The summed E-state index contributed by atoms with van der Waals surface area (Å²) >= 11 is 0. The molecule has 144 valence electrons. The second-order valence-corrected chi connectivity index (χ2v) is 6.81. The van der Waals surface area contributed by atoms with E-state index in [9.17, 15) is 14.0 Å². The highest BCUT2D eigenvalue weighted by Gasteiger charge is 2.30. The number of aryl methyl sites for hydroxylation is 2. The number of hydrogen-bond donors (Lipinski definition) is 0. The standard InChI is InChI=1S/C24H17FO4/c1-14-6-3-4-7-16(14)12-21-23(26)22-15(2)10-19(13-20(22)29-21)28-24(27)17-8-5-9-18(25)11-17/h3-13H,1-2H3/b21-12-. The van der Waals surface area contributed by atoms with E-state index in [1.165, 1.54) is 24.3 Å². The third-order valence-corrected chi connectivity index (χ3v) is 4.69. The van der Waals surface area contributed by atoms with Crippen LogP contribution in [0.2, 0.25) is 0 Å². The fraction of sp³-hybridized carbons (Fsp3) is 0.0833. The van der Waals surface area contributed by atoms with Gasteiger partial charge in [-0.15, -0.1) is 0 Å². The molecule has 0 saturated carbocycles. The van der Waals surface area contributed by atoms with Crippen molar-refractivity contribution in [3.8, 4) is 11.5 Å². The third-order valence-electron chi connectivity index (χ3n) is 4.69. The quantitative estimate of drug-likeness (QED) is 0.348. The highest BCUT2D eigenvalue weighted by molar-refractivity contribution is 6.15. The lowest BCUT2D eigenvalue weighted by Gasteiger charge is -2.08. The Bertz CT molecular complexity index is 1180. The highest BCUT2D eigenvalue weighted by Crippen LogP contribution is 2.37. The van der Waals surface area contributed by atoms with E-state index in [1.54, 1.807) is 19.1 Å². The Morgan fingerprint density at radius 3 is 2.55 bits per heavy atom. The van der Waals surface area contributed by atoms with E-state index < -0.39 is 11.8 Å². The van der Waals surface area contributed by atoms with Crippen molar-refractivity contribution in [2.24, 2.45) is 0 Å². The molecule has 0 atom stereocenters. The van der Waals surface area contributed by atoms with Crippen molar-refractivity contribution < 1.29 is 23.5 Å². The van der Waals surface area contributed by atoms with Crippen LogP contribution in [-0.4, -0.2) is 11.8 Å². The summed E-state index contributed by atoms with van der Waals surface area (Å²) in [4.78, 5) is 25.1. The first-order valence-corrected chi connectivity index (χ1v) is 9.04. The highest BCUT2D eigenvalue weighted by atomic mass is 19.1. The first-order valence-electron chi connectivity index (χ1n) is 9.04. The number of benzene rings is 3. The van der Waals surface area contributed by atoms with E-state index in [2.05, 4.69) is 0 Å². The van der Waals surface area contributed by atoms with Crippen LogP contribution in [0.3, 0.4) is 0 Å². The monoisotopic (exact) mass is 388 g/mol. The van der Waals surface area contributed by atoms with E-state index in [1.807, 2.05) is 31.2 Å². The van der Waals surface area contributed by atoms with E-state index in [4.69, 9.17) is 9.47 Å². The average Bonchev–Trinajstić information content (AvgIpc) is 2.99. The van der Waals surface area contributed by atoms with Crippen LogP contribution >= 0.6 is 0 Å². The zero-order valence-corrected chi connectivity index (χ0v) is 15.9. The number of hydrogen-bond acceptors (Lipinski definition) is 4. The van der Waals surface area contributed by atoms with E-state index in [0.717, 1.165) is 17.2 Å². The van der Waals surface area contributed by atoms with Gasteiger partial charge in [-0.05, 0) is 60.9 Å². The summed E-state index contributed by atoms with van der Waals surface area (Å²) in [5, 5.41) is 0. The first-order chi connectivity index (χ1) is 13.9. The number of halogens is 1. The van der Waals surface area contributed by atoms with Crippen LogP contribution in [0.1, 0.15) is 37.4 Å². The maximum atomic E-state index is 13.3. The van der Waals surface area contributed by atoms with Crippen LogP contribution in [0.4, 0.5) is 4.39 Å². The van der Waals surface area contributed by atoms with Crippen LogP contribution in [0.25, 0.3) is 6.08 Å². The summed E-state index contributed by atoms with van der Waals surface area (Å²) in [7, 11) is 0. The average molecular weight is 388 g/mol. The van der Waals surface area contributed by atoms with Gasteiger partial charge in [0.25, 0.3) is 0 Å². The number of esters is 1. The fourth-order valence-electron chi connectivity index (χ4n) is 3.21. The van der Waals surface area contributed by atoms with Crippen LogP contribution in [0.15, 0.2) is 66.4 Å². The largest absolute Gasteiger partial charge is 0.452 e. The van der Waals surface area contributed by atoms with Gasteiger partial charge in [-0.25, -0.2) is 9.18 Å². The van der Waals surface area contributed by atoms with Gasteiger partial charge in [0, 0.05) is 6.07 Å². The van der Waals surface area contributed by atoms with Crippen LogP contribution in [-0.2, 0) is 0 Å². The molecule has 0 bridgehead atoms. The van der Waals surface area contributed by atoms with Gasteiger partial charge in [-0.3, -0.25) is 4.79 Å². The van der Waals surface area contributed by atoms with Gasteiger partial charge >= 0.3 is 5.97 Å². The number of ether oxygens (including phenoxy) is 2. The normalized spacial score (nSPS) is 13.9. The van der Waals surface area contributed by atoms with Gasteiger partial charge in [0.05, 0.1) is 11.1 Å². The van der Waals surface area contributed by atoms with Crippen molar-refractivity contribution in [2.75, 3.05) is 0 Å². The Morgan fingerprint density at radius 1 is 1.00 bits per heavy atom. The molecule has 1 aliphatic heterocycles. The minimum atomic E-state index is -0.691. The van der Waals surface area contributed by atoms with Crippen LogP contribution in [0.5, 0.6) is 11.5 Å². The molecule has 0 fully saturated rings. The lowest BCUT2D eigenvalue weighted by Crippen LogP contribution is -2.09. The van der Waals surface area contributed by atoms with Crippen LogP contribution in [0, 0.1) is 19.7 Å². The summed E-state index contributed by atoms with van der Waals surface area (Å²) in [5.41, 5.74) is 3.08. The molecule has 5 heteroatoms. The van der Waals surface area contributed by atoms with Gasteiger partial charge in [0.15, 0.2) is 5.76 Å². The molecule has 0 saturated heterocycles. The van der Waals surface area contributed by atoms with Gasteiger partial charge in [-0.1, -0.05) is 30.3 Å². The lowest BCUT2D eigenvalue weighted by molar-refractivity contribution is 0.0734. The summed E-state index contributed by atoms with van der Waals surface area (Å²) in [5.74, 6) is -0.666. The molecule has 3 aromatic carbocycles. The Balaban J connectivity index is 1.63. The minimum absolute atomic E-state index is 0.0975. The van der Waals surface area contributed by atoms with Crippen molar-refractivity contribution in [1.29, 1.82) is 0 Å². The van der Waals surface area contributed by atoms with E-state index in [-0.39, 0.29) is 22.9 Å². The van der Waals surface area contributed by atoms with Crippen molar-refractivity contribution in [2.45, 2.75) is 13.8 Å². The van der Waals surface area contributed by atoms with Gasteiger partial charge in [0.1, 0.15) is 17.3 Å². The minimum Gasteiger partial charge on any atom is -0.452 e. The molecule has 29 heavy (non-hydrogen) atoms. The first kappa shape index (κ1) is 18.6. The van der Waals surface area contributed by atoms with Gasteiger partial charge in [0.2, 0.25) is 5.78 Å². The number of allylic oxidation sites excluding steroid dienone is 1. The molecule has 0 aromatic heterocycles. The molecule has 0 N–H and O–H groups in total. The molecule has 0 radical (unpaired) electrons. The van der Waals surface area contributed by atoms with Gasteiger partial charge < -0.3 is 9.47 Å². The second kappa shape index (κ2) is 7.36. The molecule has 0 spiro atoms. The van der Waals surface area contributed by atoms with Crippen molar-refractivity contribution in [3.05, 3.63) is 100 Å². The molecule has 3 aromatic rings. The molecular weight excluding hydrogens is 371 g/mol. The Kier molecular flexibility index (Phi) is 4.72. The molecular formula is C24H17FO4. The predicted molar refractivity (Wildman–Crippen MR) is 107 cm³/mol.